The predicted molar refractivity (Wildman–Crippen MR) is 122 cm³/mol. The second kappa shape index (κ2) is 9.93. The van der Waals surface area contributed by atoms with Gasteiger partial charge in [-0.3, -0.25) is 0 Å². The second-order valence-corrected chi connectivity index (χ2v) is 8.71. The van der Waals surface area contributed by atoms with E-state index in [0.29, 0.717) is 5.47 Å². The minimum absolute atomic E-state index is 0.0301. The van der Waals surface area contributed by atoms with E-state index in [1.807, 2.05) is 58.0 Å². The van der Waals surface area contributed by atoms with E-state index in [2.05, 4.69) is 5.32 Å². The van der Waals surface area contributed by atoms with Crippen LogP contribution in [0.1, 0.15) is 38.8 Å². The molecule has 3 rings (SSSR count). The zero-order valence-corrected chi connectivity index (χ0v) is 19.4. The van der Waals surface area contributed by atoms with Crippen molar-refractivity contribution in [2.75, 3.05) is 13.7 Å². The van der Waals surface area contributed by atoms with Gasteiger partial charge in [-0.1, -0.05) is 36.4 Å². The Morgan fingerprint density at radius 2 is 1.67 bits per heavy atom. The molecule has 1 heterocycles. The molecule has 9 heteroatoms. The smallest absolute Gasteiger partial charge is 0.492 e. The van der Waals surface area contributed by atoms with E-state index < -0.39 is 36.0 Å². The minimum atomic E-state index is -1.10. The highest BCUT2D eigenvalue weighted by Gasteiger charge is 2.52. The number of methoxy groups -OCH3 is 1. The largest absolute Gasteiger partial charge is 0.494 e. The van der Waals surface area contributed by atoms with E-state index in [1.54, 1.807) is 0 Å². The van der Waals surface area contributed by atoms with Crippen molar-refractivity contribution in [1.82, 2.24) is 5.32 Å². The van der Waals surface area contributed by atoms with Crippen LogP contribution < -0.4 is 10.1 Å². The molecular weight excluding hydrogens is 431 g/mol. The van der Waals surface area contributed by atoms with Crippen molar-refractivity contribution in [3.05, 3.63) is 70.7 Å². The highest BCUT2D eigenvalue weighted by Crippen LogP contribution is 2.39. The van der Waals surface area contributed by atoms with Crippen molar-refractivity contribution < 1.29 is 32.4 Å². The van der Waals surface area contributed by atoms with Gasteiger partial charge in [0, 0.05) is 12.1 Å². The fraction of sp³-hybridized carbons (Fsp3) is 0.375. The first-order valence-corrected chi connectivity index (χ1v) is 10.6. The Morgan fingerprint density at radius 3 is 2.27 bits per heavy atom. The summed E-state index contributed by atoms with van der Waals surface area (Å²) in [5.41, 5.74) is -0.112. The van der Waals surface area contributed by atoms with Crippen molar-refractivity contribution in [2.24, 2.45) is 0 Å². The Labute approximate surface area is 193 Å². The maximum absolute atomic E-state index is 14.6. The molecule has 1 saturated heterocycles. The Morgan fingerprint density at radius 1 is 1.03 bits per heavy atom. The van der Waals surface area contributed by atoms with Gasteiger partial charge in [0.1, 0.15) is 6.61 Å². The van der Waals surface area contributed by atoms with Crippen molar-refractivity contribution in [3.8, 4) is 5.75 Å². The quantitative estimate of drug-likeness (QED) is 0.596. The molecular formula is C24H28BF2NO5. The molecule has 2 aromatic carbocycles. The summed E-state index contributed by atoms with van der Waals surface area (Å²) >= 11 is 0. The molecule has 0 saturated carbocycles. The summed E-state index contributed by atoms with van der Waals surface area (Å²) in [6.45, 7) is 7.54. The summed E-state index contributed by atoms with van der Waals surface area (Å²) in [7, 11) is 0.378. The van der Waals surface area contributed by atoms with E-state index >= 15 is 0 Å². The van der Waals surface area contributed by atoms with Crippen LogP contribution in [0.3, 0.4) is 0 Å². The van der Waals surface area contributed by atoms with Gasteiger partial charge in [-0.05, 0) is 50.9 Å². The van der Waals surface area contributed by atoms with E-state index in [9.17, 15) is 13.6 Å². The van der Waals surface area contributed by atoms with Gasteiger partial charge in [0.2, 0.25) is 5.82 Å². The Bertz CT molecular complexity index is 1010. The van der Waals surface area contributed by atoms with E-state index in [4.69, 9.17) is 18.8 Å². The summed E-state index contributed by atoms with van der Waals surface area (Å²) in [5, 5.41) is 2.63. The molecule has 0 aliphatic carbocycles. The van der Waals surface area contributed by atoms with E-state index in [0.717, 1.165) is 5.56 Å². The highest BCUT2D eigenvalue weighted by atomic mass is 19.2. The summed E-state index contributed by atoms with van der Waals surface area (Å²) < 4.78 is 51.0. The van der Waals surface area contributed by atoms with Crippen LogP contribution in [0, 0.1) is 11.6 Å². The molecule has 1 amide bonds. The number of rotatable bonds is 7. The van der Waals surface area contributed by atoms with Gasteiger partial charge < -0.3 is 24.1 Å². The van der Waals surface area contributed by atoms with Crippen LogP contribution in [0.5, 0.6) is 5.75 Å². The van der Waals surface area contributed by atoms with Crippen LogP contribution in [0.15, 0.2) is 47.9 Å². The number of hydrogen-bond acceptors (Lipinski definition) is 5. The van der Waals surface area contributed by atoms with E-state index in [-0.39, 0.29) is 24.5 Å². The van der Waals surface area contributed by atoms with Gasteiger partial charge in [-0.15, -0.1) is 0 Å². The lowest BCUT2D eigenvalue weighted by Gasteiger charge is -2.32. The summed E-state index contributed by atoms with van der Waals surface area (Å²) in [6, 6.07) is 11.9. The number of carbonyl (C=O) groups excluding carboxylic acids is 1. The van der Waals surface area contributed by atoms with Gasteiger partial charge in [-0.25, -0.2) is 9.18 Å². The predicted octanol–water partition coefficient (Wildman–Crippen LogP) is 4.91. The number of ether oxygens (including phenoxy) is 2. The monoisotopic (exact) mass is 459 g/mol. The lowest BCUT2D eigenvalue weighted by molar-refractivity contribution is 0.00578. The molecule has 1 aliphatic rings. The third-order valence-electron chi connectivity index (χ3n) is 5.84. The molecule has 1 fully saturated rings. The first-order valence-electron chi connectivity index (χ1n) is 10.6. The molecule has 1 N–H and O–H groups in total. The standard InChI is InChI=1S/C24H28BF2NO5/c1-23(2)24(3,4)33-25(32-23)18(13-17-11-12-19(30-5)21(27)20(17)26)14-28-22(29)31-15-16-9-7-6-8-10-16/h6-13H,14-15H2,1-5H3,(H,28,29). The SMILES string of the molecule is COc1ccc(C=C(CNC(=O)OCc2ccccc2)B2OC(C)(C)C(C)(C)O2)c(F)c1F. The normalized spacial score (nSPS) is 17.1. The van der Waals surface area contributed by atoms with Gasteiger partial charge in [0.25, 0.3) is 0 Å². The molecule has 0 unspecified atom stereocenters. The summed E-state index contributed by atoms with van der Waals surface area (Å²) in [6.07, 6.45) is 0.736. The Kier molecular flexibility index (Phi) is 7.44. The number of halogens is 2. The fourth-order valence-corrected chi connectivity index (χ4v) is 3.16. The summed E-state index contributed by atoms with van der Waals surface area (Å²) in [5.74, 6) is -2.38. The van der Waals surface area contributed by atoms with Gasteiger partial charge in [0.05, 0.1) is 18.3 Å². The Hall–Kier alpha value is -2.91. The molecule has 0 atom stereocenters. The van der Waals surface area contributed by atoms with Crippen LogP contribution in [0.2, 0.25) is 0 Å². The number of amides is 1. The molecule has 0 aromatic heterocycles. The topological polar surface area (TPSA) is 66.0 Å². The molecule has 176 valence electrons. The van der Waals surface area contributed by atoms with Crippen molar-refractivity contribution in [2.45, 2.75) is 45.5 Å². The molecule has 33 heavy (non-hydrogen) atoms. The Balaban J connectivity index is 1.80. The fourth-order valence-electron chi connectivity index (χ4n) is 3.16. The van der Waals surface area contributed by atoms with Gasteiger partial charge >= 0.3 is 13.2 Å². The first-order chi connectivity index (χ1) is 15.5. The zero-order chi connectivity index (χ0) is 24.2. The van der Waals surface area contributed by atoms with Crippen molar-refractivity contribution in [3.63, 3.8) is 0 Å². The number of carbonyl (C=O) groups is 1. The maximum Gasteiger partial charge on any atom is 0.492 e. The number of alkyl carbamates (subject to hydrolysis) is 1. The number of nitrogens with one attached hydrogen (secondary N) is 1. The van der Waals surface area contributed by atoms with Crippen LogP contribution in [-0.4, -0.2) is 38.1 Å². The lowest BCUT2D eigenvalue weighted by atomic mass is 9.77. The average molecular weight is 459 g/mol. The highest BCUT2D eigenvalue weighted by molar-refractivity contribution is 6.56. The van der Waals surface area contributed by atoms with Crippen LogP contribution in [-0.2, 0) is 20.7 Å². The average Bonchev–Trinajstić information content (AvgIpc) is 3.00. The molecule has 6 nitrogen and oxygen atoms in total. The third kappa shape index (κ3) is 5.72. The van der Waals surface area contributed by atoms with Gasteiger partial charge in [0.15, 0.2) is 11.6 Å². The zero-order valence-electron chi connectivity index (χ0n) is 19.4. The molecule has 0 bridgehead atoms. The lowest BCUT2D eigenvalue weighted by Crippen LogP contribution is -2.41. The second-order valence-electron chi connectivity index (χ2n) is 8.71. The van der Waals surface area contributed by atoms with Crippen LogP contribution >= 0.6 is 0 Å². The van der Waals surface area contributed by atoms with E-state index in [1.165, 1.54) is 25.3 Å². The summed E-state index contributed by atoms with van der Waals surface area (Å²) in [4.78, 5) is 12.3. The molecule has 1 aliphatic heterocycles. The van der Waals surface area contributed by atoms with Gasteiger partial charge in [-0.2, -0.15) is 4.39 Å². The molecule has 2 aromatic rings. The molecule has 0 spiro atoms. The van der Waals surface area contributed by atoms with Crippen molar-refractivity contribution >= 4 is 19.3 Å². The molecule has 0 radical (unpaired) electrons. The number of hydrogen-bond donors (Lipinski definition) is 1. The maximum atomic E-state index is 14.6. The number of benzene rings is 2. The third-order valence-corrected chi connectivity index (χ3v) is 5.84. The minimum Gasteiger partial charge on any atom is -0.494 e. The van der Waals surface area contributed by atoms with Crippen LogP contribution in [0.4, 0.5) is 13.6 Å². The first kappa shape index (κ1) is 24.7. The van der Waals surface area contributed by atoms with Crippen molar-refractivity contribution in [1.29, 1.82) is 0 Å². The van der Waals surface area contributed by atoms with Crippen LogP contribution in [0.25, 0.3) is 6.08 Å².